The molecule has 0 bridgehead atoms. The first-order valence-electron chi connectivity index (χ1n) is 10.8. The van der Waals surface area contributed by atoms with E-state index in [-0.39, 0.29) is 5.75 Å². The van der Waals surface area contributed by atoms with Gasteiger partial charge < -0.3 is 15.3 Å². The van der Waals surface area contributed by atoms with Crippen molar-refractivity contribution in [2.24, 2.45) is 10.2 Å². The number of benzene rings is 1. The van der Waals surface area contributed by atoms with Crippen LogP contribution in [0.25, 0.3) is 11.3 Å². The third kappa shape index (κ3) is 5.34. The van der Waals surface area contributed by atoms with E-state index < -0.39 is 0 Å². The van der Waals surface area contributed by atoms with Crippen LogP contribution in [-0.2, 0) is 0 Å². The highest BCUT2D eigenvalue weighted by Crippen LogP contribution is 2.28. The zero-order valence-electron chi connectivity index (χ0n) is 17.5. The standard InChI is InChI=1S/C20H23N5OS.C3H6/c1-2-14-11-18(22-23-20(12-14)25-8-6-21-7-9-25)16-4-3-15(13-19(16)26)17-5-10-27-24-17;1-2-3-1/h3-5,10-11,13,21,26H,2,6-9,12H2,1H3;1-3H2. The number of hydrogen-bond donors (Lipinski definition) is 2. The molecular weight excluding hydrogens is 394 g/mol. The minimum absolute atomic E-state index is 0.201. The Morgan fingerprint density at radius 2 is 1.90 bits per heavy atom. The molecule has 1 aliphatic carbocycles. The van der Waals surface area contributed by atoms with Gasteiger partial charge in [0.25, 0.3) is 0 Å². The molecule has 0 amide bonds. The van der Waals surface area contributed by atoms with Gasteiger partial charge in [0.2, 0.25) is 0 Å². The highest BCUT2D eigenvalue weighted by Gasteiger charge is 2.19. The number of rotatable bonds is 3. The molecule has 1 aromatic heterocycles. The molecule has 158 valence electrons. The normalized spacial score (nSPS) is 18.4. The summed E-state index contributed by atoms with van der Waals surface area (Å²) in [7, 11) is 0. The van der Waals surface area contributed by atoms with Crippen molar-refractivity contribution in [1.29, 1.82) is 0 Å². The van der Waals surface area contributed by atoms with E-state index in [0.717, 1.165) is 56.1 Å². The predicted octanol–water partition coefficient (Wildman–Crippen LogP) is 4.43. The second-order valence-corrected chi connectivity index (χ2v) is 8.41. The molecule has 1 saturated heterocycles. The van der Waals surface area contributed by atoms with Gasteiger partial charge >= 0.3 is 0 Å². The van der Waals surface area contributed by atoms with Crippen LogP contribution >= 0.6 is 11.5 Å². The molecule has 1 saturated carbocycles. The van der Waals surface area contributed by atoms with Crippen LogP contribution in [0.15, 0.2) is 51.5 Å². The van der Waals surface area contributed by atoms with Gasteiger partial charge in [0.15, 0.2) is 0 Å². The maximum Gasteiger partial charge on any atom is 0.131 e. The number of phenols is 1. The van der Waals surface area contributed by atoms with E-state index in [1.807, 2.05) is 23.6 Å². The fraction of sp³-hybridized carbons (Fsp3) is 0.435. The largest absolute Gasteiger partial charge is 0.507 e. The Morgan fingerprint density at radius 1 is 1.10 bits per heavy atom. The van der Waals surface area contributed by atoms with Crippen LogP contribution in [0.2, 0.25) is 0 Å². The first-order chi connectivity index (χ1) is 14.7. The average molecular weight is 424 g/mol. The van der Waals surface area contributed by atoms with Crippen LogP contribution in [0, 0.1) is 0 Å². The van der Waals surface area contributed by atoms with Gasteiger partial charge in [-0.05, 0) is 42.2 Å². The van der Waals surface area contributed by atoms with E-state index in [4.69, 9.17) is 0 Å². The molecule has 0 spiro atoms. The van der Waals surface area contributed by atoms with Gasteiger partial charge in [0.05, 0.1) is 11.4 Å². The summed E-state index contributed by atoms with van der Waals surface area (Å²) in [5.41, 5.74) is 4.45. The summed E-state index contributed by atoms with van der Waals surface area (Å²) >= 11 is 1.40. The fourth-order valence-electron chi connectivity index (χ4n) is 3.35. The molecule has 30 heavy (non-hydrogen) atoms. The molecule has 2 aromatic rings. The molecular formula is C23H29N5OS. The number of nitrogens with zero attached hydrogens (tertiary/aromatic N) is 4. The van der Waals surface area contributed by atoms with Crippen molar-refractivity contribution in [2.45, 2.75) is 39.0 Å². The van der Waals surface area contributed by atoms with Crippen molar-refractivity contribution in [2.75, 3.05) is 26.2 Å². The molecule has 7 heteroatoms. The van der Waals surface area contributed by atoms with Crippen LogP contribution in [-0.4, -0.2) is 52.1 Å². The predicted molar refractivity (Wildman–Crippen MR) is 124 cm³/mol. The van der Waals surface area contributed by atoms with Crippen molar-refractivity contribution in [3.63, 3.8) is 0 Å². The summed E-state index contributed by atoms with van der Waals surface area (Å²) in [6.45, 7) is 6.00. The van der Waals surface area contributed by atoms with E-state index in [9.17, 15) is 5.11 Å². The maximum absolute atomic E-state index is 10.6. The summed E-state index contributed by atoms with van der Waals surface area (Å²) in [6, 6.07) is 7.56. The molecule has 1 aromatic carbocycles. The van der Waals surface area contributed by atoms with Gasteiger partial charge in [-0.15, -0.1) is 10.2 Å². The third-order valence-corrected chi connectivity index (χ3v) is 5.86. The van der Waals surface area contributed by atoms with Gasteiger partial charge in [-0.25, -0.2) is 0 Å². The second kappa shape index (κ2) is 10.00. The first-order valence-corrected chi connectivity index (χ1v) is 11.6. The summed E-state index contributed by atoms with van der Waals surface area (Å²) < 4.78 is 4.33. The first kappa shape index (κ1) is 20.8. The molecule has 6 nitrogen and oxygen atoms in total. The molecule has 2 fully saturated rings. The number of allylic oxidation sites excluding steroid dienone is 1. The van der Waals surface area contributed by atoms with Crippen LogP contribution in [0.5, 0.6) is 5.75 Å². The van der Waals surface area contributed by atoms with E-state index >= 15 is 0 Å². The van der Waals surface area contributed by atoms with Crippen molar-refractivity contribution in [3.8, 4) is 17.0 Å². The number of aromatic nitrogens is 1. The number of hydrogen-bond acceptors (Lipinski definition) is 7. The molecule has 0 atom stereocenters. The number of piperazine rings is 1. The zero-order chi connectivity index (χ0) is 20.8. The lowest BCUT2D eigenvalue weighted by Crippen LogP contribution is -2.46. The Balaban J connectivity index is 0.000000667. The molecule has 0 unspecified atom stereocenters. The van der Waals surface area contributed by atoms with Gasteiger partial charge in [-0.1, -0.05) is 37.8 Å². The van der Waals surface area contributed by atoms with Crippen molar-refractivity contribution >= 4 is 23.1 Å². The van der Waals surface area contributed by atoms with Crippen molar-refractivity contribution in [3.05, 3.63) is 46.9 Å². The quantitative estimate of drug-likeness (QED) is 0.766. The van der Waals surface area contributed by atoms with Crippen LogP contribution in [0.4, 0.5) is 0 Å². The fourth-order valence-corrected chi connectivity index (χ4v) is 3.88. The average Bonchev–Trinajstić information content (AvgIpc) is 3.60. The number of phenolic OH excluding ortho intramolecular Hbond substituents is 1. The minimum Gasteiger partial charge on any atom is -0.507 e. The van der Waals surface area contributed by atoms with Crippen LogP contribution in [0.1, 0.15) is 44.6 Å². The molecule has 2 aliphatic heterocycles. The second-order valence-electron chi connectivity index (χ2n) is 7.75. The van der Waals surface area contributed by atoms with Gasteiger partial charge in [-0.2, -0.15) is 4.37 Å². The molecule has 2 N–H and O–H groups in total. The Hall–Kier alpha value is -2.51. The Labute approximate surface area is 182 Å². The number of aromatic hydroxyl groups is 1. The lowest BCUT2D eigenvalue weighted by Gasteiger charge is -2.29. The monoisotopic (exact) mass is 423 g/mol. The van der Waals surface area contributed by atoms with E-state index in [0.29, 0.717) is 11.3 Å². The molecule has 3 aliphatic rings. The minimum atomic E-state index is 0.201. The third-order valence-electron chi connectivity index (χ3n) is 5.30. The maximum atomic E-state index is 10.6. The van der Waals surface area contributed by atoms with Crippen LogP contribution < -0.4 is 5.32 Å². The lowest BCUT2D eigenvalue weighted by atomic mass is 10.0. The van der Waals surface area contributed by atoms with Crippen LogP contribution in [0.3, 0.4) is 0 Å². The Kier molecular flexibility index (Phi) is 6.92. The molecule has 0 radical (unpaired) electrons. The smallest absolute Gasteiger partial charge is 0.131 e. The SMILES string of the molecule is C1CC1.CCC1=CC(c2ccc(-c3ccsn3)cc2O)=NN=C(N2CCNCC2)C1. The summed E-state index contributed by atoms with van der Waals surface area (Å²) in [5.74, 6) is 1.21. The van der Waals surface area contributed by atoms with E-state index in [2.05, 4.69) is 37.8 Å². The van der Waals surface area contributed by atoms with Crippen molar-refractivity contribution < 1.29 is 5.11 Å². The number of amidine groups is 1. The lowest BCUT2D eigenvalue weighted by molar-refractivity contribution is 0.352. The van der Waals surface area contributed by atoms with E-state index in [1.165, 1.54) is 36.4 Å². The summed E-state index contributed by atoms with van der Waals surface area (Å²) in [4.78, 5) is 2.30. The molecule has 5 rings (SSSR count). The van der Waals surface area contributed by atoms with Crippen molar-refractivity contribution in [1.82, 2.24) is 14.6 Å². The Bertz CT molecular complexity index is 938. The summed E-state index contributed by atoms with van der Waals surface area (Å²) in [5, 5.41) is 24.9. The van der Waals surface area contributed by atoms with Gasteiger partial charge in [0, 0.05) is 49.1 Å². The molecule has 3 heterocycles. The van der Waals surface area contributed by atoms with Gasteiger partial charge in [0.1, 0.15) is 11.6 Å². The zero-order valence-corrected chi connectivity index (χ0v) is 18.3. The Morgan fingerprint density at radius 3 is 2.53 bits per heavy atom. The van der Waals surface area contributed by atoms with Gasteiger partial charge in [-0.3, -0.25) is 0 Å². The summed E-state index contributed by atoms with van der Waals surface area (Å²) in [6.07, 6.45) is 8.30. The number of nitrogens with one attached hydrogen (secondary N) is 1. The highest BCUT2D eigenvalue weighted by atomic mass is 32.1. The van der Waals surface area contributed by atoms with E-state index in [1.54, 1.807) is 6.07 Å². The topological polar surface area (TPSA) is 73.1 Å². The highest BCUT2D eigenvalue weighted by molar-refractivity contribution is 7.03.